The van der Waals surface area contributed by atoms with Crippen LogP contribution in [0.3, 0.4) is 0 Å². The maximum Gasteiger partial charge on any atom is 0.261 e. The van der Waals surface area contributed by atoms with E-state index in [2.05, 4.69) is 17.2 Å². The molecule has 0 fully saturated rings. The monoisotopic (exact) mass is 273 g/mol. The Morgan fingerprint density at radius 1 is 1.33 bits per heavy atom. The van der Waals surface area contributed by atoms with Gasteiger partial charge in [-0.3, -0.25) is 14.9 Å². The molecule has 0 atom stereocenters. The average Bonchev–Trinajstić information content (AvgIpc) is 2.30. The second-order valence-corrected chi connectivity index (χ2v) is 4.17. The number of hydrogen-bond acceptors (Lipinski definition) is 4. The molecule has 0 aromatic carbocycles. The molecule has 0 spiro atoms. The van der Waals surface area contributed by atoms with Crippen molar-refractivity contribution in [1.82, 2.24) is 10.6 Å². The summed E-state index contributed by atoms with van der Waals surface area (Å²) < 4.78 is 0. The third-order valence-electron chi connectivity index (χ3n) is 2.13. The molecule has 2 N–H and O–H groups in total. The summed E-state index contributed by atoms with van der Waals surface area (Å²) in [5.74, 6) is -0.309. The van der Waals surface area contributed by atoms with Crippen LogP contribution in [0.25, 0.3) is 0 Å². The number of nitro groups is 1. The Kier molecular flexibility index (Phi) is 9.75. The Morgan fingerprint density at radius 2 is 2.06 bits per heavy atom. The highest BCUT2D eigenvalue weighted by Crippen LogP contribution is 2.00. The predicted octanol–water partition coefficient (Wildman–Crippen LogP) is 1.04. The Labute approximate surface area is 112 Å². The standard InChI is InChI=1S/C11H19N3O3S/c1-2-7-12-11(18)13-8-5-3-4-6-10(15)9-14(16)17/h2H,1,3-9H2,(H2,12,13,18). The summed E-state index contributed by atoms with van der Waals surface area (Å²) in [6.07, 6.45) is 4.40. The number of hydrogen-bond donors (Lipinski definition) is 2. The van der Waals surface area contributed by atoms with Crippen LogP contribution in [0.4, 0.5) is 0 Å². The van der Waals surface area contributed by atoms with Gasteiger partial charge in [0.1, 0.15) is 0 Å². The molecule has 7 heteroatoms. The molecule has 0 heterocycles. The van der Waals surface area contributed by atoms with E-state index in [0.29, 0.717) is 18.1 Å². The molecule has 18 heavy (non-hydrogen) atoms. The van der Waals surface area contributed by atoms with E-state index in [-0.39, 0.29) is 12.2 Å². The van der Waals surface area contributed by atoms with Crippen molar-refractivity contribution in [2.75, 3.05) is 19.6 Å². The molecule has 0 saturated carbocycles. The van der Waals surface area contributed by atoms with Crippen LogP contribution in [0.2, 0.25) is 0 Å². The van der Waals surface area contributed by atoms with E-state index in [0.717, 1.165) is 19.4 Å². The van der Waals surface area contributed by atoms with Gasteiger partial charge in [0.2, 0.25) is 5.78 Å². The van der Waals surface area contributed by atoms with Crippen molar-refractivity contribution in [1.29, 1.82) is 0 Å². The van der Waals surface area contributed by atoms with Gasteiger partial charge in [0, 0.05) is 24.4 Å². The molecule has 0 aliphatic carbocycles. The first kappa shape index (κ1) is 16.5. The maximum atomic E-state index is 11.0. The normalized spacial score (nSPS) is 9.56. The Balaban J connectivity index is 3.35. The lowest BCUT2D eigenvalue weighted by molar-refractivity contribution is -0.467. The molecule has 0 radical (unpaired) electrons. The Morgan fingerprint density at radius 3 is 2.67 bits per heavy atom. The number of nitrogens with one attached hydrogen (secondary N) is 2. The van der Waals surface area contributed by atoms with Crippen LogP contribution in [-0.2, 0) is 4.79 Å². The topological polar surface area (TPSA) is 84.3 Å². The van der Waals surface area contributed by atoms with E-state index < -0.39 is 11.5 Å². The van der Waals surface area contributed by atoms with Gasteiger partial charge in [-0.15, -0.1) is 6.58 Å². The Bertz CT molecular complexity index is 308. The van der Waals surface area contributed by atoms with E-state index in [9.17, 15) is 14.9 Å². The lowest BCUT2D eigenvalue weighted by Crippen LogP contribution is -2.35. The van der Waals surface area contributed by atoms with Crippen molar-refractivity contribution in [3.8, 4) is 0 Å². The van der Waals surface area contributed by atoms with E-state index in [1.807, 2.05) is 0 Å². The summed E-state index contributed by atoms with van der Waals surface area (Å²) in [7, 11) is 0. The molecule has 0 unspecified atom stereocenters. The minimum atomic E-state index is -0.590. The second-order valence-electron chi connectivity index (χ2n) is 3.77. The molecule has 0 aromatic heterocycles. The quantitative estimate of drug-likeness (QED) is 0.203. The number of unbranched alkanes of at least 4 members (excludes halogenated alkanes) is 2. The summed E-state index contributed by atoms with van der Waals surface area (Å²) >= 11 is 4.99. The zero-order valence-electron chi connectivity index (χ0n) is 10.3. The molecule has 0 aliphatic rings. The van der Waals surface area contributed by atoms with E-state index in [4.69, 9.17) is 12.2 Å². The van der Waals surface area contributed by atoms with Crippen molar-refractivity contribution < 1.29 is 9.72 Å². The Hall–Kier alpha value is -1.50. The summed E-state index contributed by atoms with van der Waals surface area (Å²) in [6.45, 7) is 4.35. The fourth-order valence-corrected chi connectivity index (χ4v) is 1.46. The first-order chi connectivity index (χ1) is 8.56. The lowest BCUT2D eigenvalue weighted by Gasteiger charge is -2.08. The molecule has 0 aliphatic heterocycles. The van der Waals surface area contributed by atoms with Crippen LogP contribution in [0, 0.1) is 10.1 Å². The van der Waals surface area contributed by atoms with Crippen LogP contribution in [0.1, 0.15) is 25.7 Å². The van der Waals surface area contributed by atoms with Crippen LogP contribution in [0.5, 0.6) is 0 Å². The van der Waals surface area contributed by atoms with Crippen LogP contribution in [-0.4, -0.2) is 35.5 Å². The third kappa shape index (κ3) is 11.0. The molecule has 0 rings (SSSR count). The van der Waals surface area contributed by atoms with Gasteiger partial charge in [-0.2, -0.15) is 0 Å². The second kappa shape index (κ2) is 10.6. The molecule has 102 valence electrons. The first-order valence-electron chi connectivity index (χ1n) is 5.82. The molecule has 0 amide bonds. The zero-order valence-corrected chi connectivity index (χ0v) is 11.1. The molecule has 0 saturated heterocycles. The van der Waals surface area contributed by atoms with Crippen molar-refractivity contribution >= 4 is 23.1 Å². The average molecular weight is 273 g/mol. The smallest absolute Gasteiger partial charge is 0.261 e. The van der Waals surface area contributed by atoms with Gasteiger partial charge in [-0.25, -0.2) is 0 Å². The van der Waals surface area contributed by atoms with Gasteiger partial charge in [0.05, 0.1) is 0 Å². The van der Waals surface area contributed by atoms with Gasteiger partial charge in [0.15, 0.2) is 5.11 Å². The van der Waals surface area contributed by atoms with E-state index in [1.54, 1.807) is 6.08 Å². The number of thiocarbonyl (C=S) groups is 1. The fraction of sp³-hybridized carbons (Fsp3) is 0.636. The van der Waals surface area contributed by atoms with Crippen LogP contribution >= 0.6 is 12.2 Å². The lowest BCUT2D eigenvalue weighted by atomic mass is 10.1. The van der Waals surface area contributed by atoms with Crippen molar-refractivity contribution in [2.24, 2.45) is 0 Å². The van der Waals surface area contributed by atoms with Crippen LogP contribution in [0.15, 0.2) is 12.7 Å². The highest BCUT2D eigenvalue weighted by molar-refractivity contribution is 7.80. The van der Waals surface area contributed by atoms with Crippen molar-refractivity contribution in [2.45, 2.75) is 25.7 Å². The summed E-state index contributed by atoms with van der Waals surface area (Å²) in [4.78, 5) is 20.5. The first-order valence-corrected chi connectivity index (χ1v) is 6.23. The molecular formula is C11H19N3O3S. The van der Waals surface area contributed by atoms with Crippen molar-refractivity contribution in [3.05, 3.63) is 22.8 Å². The molecule has 0 bridgehead atoms. The highest BCUT2D eigenvalue weighted by Gasteiger charge is 2.08. The van der Waals surface area contributed by atoms with Gasteiger partial charge < -0.3 is 10.6 Å². The van der Waals surface area contributed by atoms with Gasteiger partial charge in [-0.05, 0) is 25.1 Å². The van der Waals surface area contributed by atoms with Gasteiger partial charge >= 0.3 is 0 Å². The number of ketones is 1. The van der Waals surface area contributed by atoms with E-state index in [1.165, 1.54) is 0 Å². The number of carbonyl (C=O) groups excluding carboxylic acids is 1. The fourth-order valence-electron chi connectivity index (χ4n) is 1.28. The largest absolute Gasteiger partial charge is 0.363 e. The van der Waals surface area contributed by atoms with Crippen LogP contribution < -0.4 is 10.6 Å². The summed E-state index contributed by atoms with van der Waals surface area (Å²) in [6, 6.07) is 0. The van der Waals surface area contributed by atoms with Crippen molar-refractivity contribution in [3.63, 3.8) is 0 Å². The number of Topliss-reactive ketones (excluding diaryl/α,β-unsaturated/α-hetero) is 1. The summed E-state index contributed by atoms with van der Waals surface area (Å²) in [5.41, 5.74) is 0. The van der Waals surface area contributed by atoms with E-state index >= 15 is 0 Å². The number of carbonyl (C=O) groups is 1. The number of nitrogens with zero attached hydrogens (tertiary/aromatic N) is 1. The maximum absolute atomic E-state index is 11.0. The zero-order chi connectivity index (χ0) is 13.8. The minimum absolute atomic E-state index is 0.278. The SMILES string of the molecule is C=CCNC(=S)NCCCCCC(=O)C[N+](=O)[O-]. The summed E-state index contributed by atoms with van der Waals surface area (Å²) in [5, 5.41) is 16.6. The number of rotatable bonds is 10. The minimum Gasteiger partial charge on any atom is -0.363 e. The molecular weight excluding hydrogens is 254 g/mol. The molecule has 6 nitrogen and oxygen atoms in total. The van der Waals surface area contributed by atoms with Gasteiger partial charge in [0.25, 0.3) is 6.54 Å². The molecule has 0 aromatic rings. The predicted molar refractivity (Wildman–Crippen MR) is 74.1 cm³/mol. The van der Waals surface area contributed by atoms with Gasteiger partial charge in [-0.1, -0.05) is 12.5 Å². The third-order valence-corrected chi connectivity index (χ3v) is 2.42. The highest BCUT2D eigenvalue weighted by atomic mass is 32.1.